The highest BCUT2D eigenvalue weighted by Crippen LogP contribution is 2.25. The standard InChI is InChI=1S/C12H19ClN2O/c1-6-16-10(7(2)3)12-14-9(5)8(4)11(13)15-12/h7,10H,6H2,1-5H3. The molecule has 0 aliphatic rings. The van der Waals surface area contributed by atoms with Gasteiger partial charge in [0, 0.05) is 17.9 Å². The number of aryl methyl sites for hydroxylation is 1. The molecule has 0 spiro atoms. The minimum atomic E-state index is -0.0817. The molecule has 0 aromatic carbocycles. The number of aromatic nitrogens is 2. The molecule has 90 valence electrons. The van der Waals surface area contributed by atoms with Crippen molar-refractivity contribution in [1.82, 2.24) is 9.97 Å². The van der Waals surface area contributed by atoms with Crippen LogP contribution >= 0.6 is 11.6 Å². The van der Waals surface area contributed by atoms with Crippen LogP contribution in [0.5, 0.6) is 0 Å². The van der Waals surface area contributed by atoms with Gasteiger partial charge in [-0.15, -0.1) is 0 Å². The minimum Gasteiger partial charge on any atom is -0.370 e. The number of halogens is 1. The molecule has 3 nitrogen and oxygen atoms in total. The van der Waals surface area contributed by atoms with Crippen LogP contribution in [0.3, 0.4) is 0 Å². The second-order valence-electron chi connectivity index (χ2n) is 4.20. The topological polar surface area (TPSA) is 35.0 Å². The number of rotatable bonds is 4. The van der Waals surface area contributed by atoms with Gasteiger partial charge in [-0.2, -0.15) is 0 Å². The van der Waals surface area contributed by atoms with E-state index in [1.807, 2.05) is 20.8 Å². The summed E-state index contributed by atoms with van der Waals surface area (Å²) in [5.41, 5.74) is 1.85. The van der Waals surface area contributed by atoms with Crippen LogP contribution in [-0.2, 0) is 4.74 Å². The second kappa shape index (κ2) is 5.60. The molecule has 1 rings (SSSR count). The molecule has 1 unspecified atom stereocenters. The Kier molecular flexibility index (Phi) is 4.69. The summed E-state index contributed by atoms with van der Waals surface area (Å²) in [6.07, 6.45) is -0.0817. The Morgan fingerprint density at radius 3 is 2.31 bits per heavy atom. The van der Waals surface area contributed by atoms with E-state index < -0.39 is 0 Å². The number of ether oxygens (including phenoxy) is 1. The predicted octanol–water partition coefficient (Wildman–Crippen LogP) is 3.48. The molecule has 0 saturated carbocycles. The zero-order valence-electron chi connectivity index (χ0n) is 10.5. The van der Waals surface area contributed by atoms with Crippen LogP contribution in [0.4, 0.5) is 0 Å². The molecule has 0 bridgehead atoms. The van der Waals surface area contributed by atoms with Gasteiger partial charge in [-0.3, -0.25) is 0 Å². The number of hydrogen-bond acceptors (Lipinski definition) is 3. The van der Waals surface area contributed by atoms with Gasteiger partial charge in [-0.25, -0.2) is 9.97 Å². The van der Waals surface area contributed by atoms with E-state index >= 15 is 0 Å². The molecular formula is C12H19ClN2O. The van der Waals surface area contributed by atoms with Crippen molar-refractivity contribution in [1.29, 1.82) is 0 Å². The second-order valence-corrected chi connectivity index (χ2v) is 4.56. The summed E-state index contributed by atoms with van der Waals surface area (Å²) >= 11 is 6.06. The van der Waals surface area contributed by atoms with Crippen LogP contribution in [0.1, 0.15) is 44.0 Å². The molecule has 0 aliphatic carbocycles. The monoisotopic (exact) mass is 242 g/mol. The van der Waals surface area contributed by atoms with Gasteiger partial charge < -0.3 is 4.74 Å². The molecule has 16 heavy (non-hydrogen) atoms. The molecule has 0 aliphatic heterocycles. The molecule has 1 aromatic heterocycles. The van der Waals surface area contributed by atoms with Gasteiger partial charge in [0.05, 0.1) is 0 Å². The third kappa shape index (κ3) is 2.92. The maximum Gasteiger partial charge on any atom is 0.159 e. The quantitative estimate of drug-likeness (QED) is 0.759. The third-order valence-electron chi connectivity index (χ3n) is 2.55. The molecule has 1 atom stereocenters. The van der Waals surface area contributed by atoms with Crippen molar-refractivity contribution in [2.75, 3.05) is 6.61 Å². The lowest BCUT2D eigenvalue weighted by molar-refractivity contribution is 0.0231. The Morgan fingerprint density at radius 1 is 1.25 bits per heavy atom. The van der Waals surface area contributed by atoms with Gasteiger partial charge in [-0.1, -0.05) is 25.4 Å². The van der Waals surface area contributed by atoms with Gasteiger partial charge in [-0.05, 0) is 26.7 Å². The van der Waals surface area contributed by atoms with Crippen molar-refractivity contribution in [3.63, 3.8) is 0 Å². The van der Waals surface area contributed by atoms with Gasteiger partial charge in [0.2, 0.25) is 0 Å². The first-order chi connectivity index (χ1) is 7.47. The lowest BCUT2D eigenvalue weighted by Gasteiger charge is -2.20. The van der Waals surface area contributed by atoms with Crippen LogP contribution in [-0.4, -0.2) is 16.6 Å². The smallest absolute Gasteiger partial charge is 0.159 e. The SMILES string of the molecule is CCOC(c1nc(C)c(C)c(Cl)n1)C(C)C. The Balaban J connectivity index is 3.10. The number of hydrogen-bond donors (Lipinski definition) is 0. The van der Waals surface area contributed by atoms with Gasteiger partial charge in [0.15, 0.2) is 5.82 Å². The molecule has 1 aromatic rings. The van der Waals surface area contributed by atoms with Crippen molar-refractivity contribution < 1.29 is 4.74 Å². The van der Waals surface area contributed by atoms with E-state index in [4.69, 9.17) is 16.3 Å². The highest BCUT2D eigenvalue weighted by Gasteiger charge is 2.20. The van der Waals surface area contributed by atoms with E-state index in [0.717, 1.165) is 11.3 Å². The van der Waals surface area contributed by atoms with Crippen molar-refractivity contribution in [2.45, 2.75) is 40.7 Å². The van der Waals surface area contributed by atoms with Crippen LogP contribution in [0, 0.1) is 19.8 Å². The first-order valence-corrected chi connectivity index (χ1v) is 5.97. The van der Waals surface area contributed by atoms with Gasteiger partial charge in [0.25, 0.3) is 0 Å². The Morgan fingerprint density at radius 2 is 1.88 bits per heavy atom. The molecular weight excluding hydrogens is 224 g/mol. The largest absolute Gasteiger partial charge is 0.370 e. The van der Waals surface area contributed by atoms with E-state index in [9.17, 15) is 0 Å². The van der Waals surface area contributed by atoms with Crippen LogP contribution in [0.25, 0.3) is 0 Å². The lowest BCUT2D eigenvalue weighted by atomic mass is 10.1. The molecule has 0 amide bonds. The van der Waals surface area contributed by atoms with E-state index in [2.05, 4.69) is 23.8 Å². The summed E-state index contributed by atoms with van der Waals surface area (Å²) in [4.78, 5) is 8.76. The first-order valence-electron chi connectivity index (χ1n) is 5.59. The number of nitrogens with zero attached hydrogens (tertiary/aromatic N) is 2. The summed E-state index contributed by atoms with van der Waals surface area (Å²) in [5.74, 6) is 1.02. The predicted molar refractivity (Wildman–Crippen MR) is 65.7 cm³/mol. The van der Waals surface area contributed by atoms with Crippen LogP contribution in [0.2, 0.25) is 5.15 Å². The Labute approximate surface area is 102 Å². The lowest BCUT2D eigenvalue weighted by Crippen LogP contribution is -2.15. The van der Waals surface area contributed by atoms with Gasteiger partial charge >= 0.3 is 0 Å². The molecule has 0 fully saturated rings. The molecule has 0 saturated heterocycles. The summed E-state index contributed by atoms with van der Waals surface area (Å²) in [6.45, 7) is 10.7. The van der Waals surface area contributed by atoms with Crippen LogP contribution in [0.15, 0.2) is 0 Å². The van der Waals surface area contributed by atoms with Crippen molar-refractivity contribution in [2.24, 2.45) is 5.92 Å². The zero-order valence-corrected chi connectivity index (χ0v) is 11.3. The first kappa shape index (κ1) is 13.4. The maximum atomic E-state index is 6.06. The summed E-state index contributed by atoms with van der Waals surface area (Å²) in [5, 5.41) is 0.521. The zero-order chi connectivity index (χ0) is 12.3. The van der Waals surface area contributed by atoms with Gasteiger partial charge in [0.1, 0.15) is 11.3 Å². The van der Waals surface area contributed by atoms with E-state index in [1.54, 1.807) is 0 Å². The Bertz CT molecular complexity index is 343. The fourth-order valence-electron chi connectivity index (χ4n) is 1.49. The molecule has 0 N–H and O–H groups in total. The summed E-state index contributed by atoms with van der Waals surface area (Å²) < 4.78 is 5.66. The molecule has 0 radical (unpaired) electrons. The highest BCUT2D eigenvalue weighted by atomic mass is 35.5. The van der Waals surface area contributed by atoms with Crippen molar-refractivity contribution >= 4 is 11.6 Å². The Hall–Kier alpha value is -0.670. The average molecular weight is 243 g/mol. The highest BCUT2D eigenvalue weighted by molar-refractivity contribution is 6.30. The minimum absolute atomic E-state index is 0.0817. The van der Waals surface area contributed by atoms with E-state index in [0.29, 0.717) is 23.5 Å². The molecule has 1 heterocycles. The molecule has 4 heteroatoms. The average Bonchev–Trinajstić information content (AvgIpc) is 2.21. The summed E-state index contributed by atoms with van der Waals surface area (Å²) in [7, 11) is 0. The maximum absolute atomic E-state index is 6.06. The normalized spacial score (nSPS) is 13.2. The van der Waals surface area contributed by atoms with E-state index in [-0.39, 0.29) is 6.10 Å². The summed E-state index contributed by atoms with van der Waals surface area (Å²) in [6, 6.07) is 0. The van der Waals surface area contributed by atoms with Crippen molar-refractivity contribution in [3.05, 3.63) is 22.2 Å². The van der Waals surface area contributed by atoms with Crippen LogP contribution < -0.4 is 0 Å². The fraction of sp³-hybridized carbons (Fsp3) is 0.667. The third-order valence-corrected chi connectivity index (χ3v) is 2.92. The van der Waals surface area contributed by atoms with Crippen molar-refractivity contribution in [3.8, 4) is 0 Å². The fourth-order valence-corrected chi connectivity index (χ4v) is 1.71. The van der Waals surface area contributed by atoms with E-state index in [1.165, 1.54) is 0 Å².